The Kier molecular flexibility index (Phi) is 4.74. The highest BCUT2D eigenvalue weighted by atomic mass is 16.7. The molecule has 0 saturated heterocycles. The van der Waals surface area contributed by atoms with Crippen LogP contribution < -0.4 is 0 Å². The van der Waals surface area contributed by atoms with Gasteiger partial charge in [0.25, 0.3) is 5.69 Å². The van der Waals surface area contributed by atoms with E-state index in [-0.39, 0.29) is 17.9 Å². The van der Waals surface area contributed by atoms with Crippen LogP contribution in [-0.2, 0) is 20.7 Å². The van der Waals surface area contributed by atoms with Gasteiger partial charge >= 0.3 is 0 Å². The molecule has 0 spiro atoms. The van der Waals surface area contributed by atoms with E-state index in [0.717, 1.165) is 0 Å². The van der Waals surface area contributed by atoms with Gasteiger partial charge in [0.1, 0.15) is 0 Å². The highest BCUT2D eigenvalue weighted by Crippen LogP contribution is 2.13. The van der Waals surface area contributed by atoms with Gasteiger partial charge in [-0.15, -0.1) is 0 Å². The lowest BCUT2D eigenvalue weighted by atomic mass is 10.1. The summed E-state index contributed by atoms with van der Waals surface area (Å²) in [5.41, 5.74) is 0.677. The molecule has 1 rings (SSSR count). The molecule has 17 heavy (non-hydrogen) atoms. The molecule has 0 aliphatic heterocycles. The Labute approximate surface area is 98.3 Å². The first kappa shape index (κ1) is 13.3. The van der Waals surface area contributed by atoms with E-state index in [1.54, 1.807) is 12.1 Å². The molecule has 1 aromatic carbocycles. The number of non-ortho nitro benzene ring substituents is 1. The zero-order chi connectivity index (χ0) is 12.8. The zero-order valence-electron chi connectivity index (χ0n) is 9.58. The van der Waals surface area contributed by atoms with E-state index in [4.69, 9.17) is 9.47 Å². The van der Waals surface area contributed by atoms with E-state index in [1.807, 2.05) is 0 Å². The first-order valence-electron chi connectivity index (χ1n) is 4.90. The molecular weight excluding hydrogens is 226 g/mol. The fourth-order valence-electron chi connectivity index (χ4n) is 1.38. The van der Waals surface area contributed by atoms with Crippen LogP contribution in [0.4, 0.5) is 5.69 Å². The summed E-state index contributed by atoms with van der Waals surface area (Å²) in [6, 6.07) is 5.80. The smallest absolute Gasteiger partial charge is 0.269 e. The first-order chi connectivity index (χ1) is 8.08. The SMILES string of the molecule is COC(OC)C(=O)Cc1ccc([N+](=O)[O-])cc1. The van der Waals surface area contributed by atoms with Crippen LogP contribution in [0.3, 0.4) is 0 Å². The number of hydrogen-bond acceptors (Lipinski definition) is 5. The van der Waals surface area contributed by atoms with Crippen molar-refractivity contribution in [3.8, 4) is 0 Å². The van der Waals surface area contributed by atoms with Crippen LogP contribution in [0.1, 0.15) is 5.56 Å². The number of nitro groups is 1. The Morgan fingerprint density at radius 3 is 2.24 bits per heavy atom. The summed E-state index contributed by atoms with van der Waals surface area (Å²) in [4.78, 5) is 21.6. The molecule has 0 aromatic heterocycles. The van der Waals surface area contributed by atoms with Gasteiger partial charge in [0, 0.05) is 32.8 Å². The van der Waals surface area contributed by atoms with Crippen molar-refractivity contribution >= 4 is 11.5 Å². The minimum absolute atomic E-state index is 0.00349. The van der Waals surface area contributed by atoms with Crippen molar-refractivity contribution < 1.29 is 19.2 Å². The van der Waals surface area contributed by atoms with E-state index in [9.17, 15) is 14.9 Å². The third-order valence-corrected chi connectivity index (χ3v) is 2.22. The molecule has 0 unspecified atom stereocenters. The molecule has 0 saturated carbocycles. The quantitative estimate of drug-likeness (QED) is 0.425. The van der Waals surface area contributed by atoms with E-state index >= 15 is 0 Å². The molecule has 0 heterocycles. The minimum atomic E-state index is -0.898. The average molecular weight is 239 g/mol. The van der Waals surface area contributed by atoms with Crippen LogP contribution in [0.25, 0.3) is 0 Å². The van der Waals surface area contributed by atoms with Crippen molar-refractivity contribution in [2.24, 2.45) is 0 Å². The maximum Gasteiger partial charge on any atom is 0.269 e. The lowest BCUT2D eigenvalue weighted by Gasteiger charge is -2.11. The molecule has 6 nitrogen and oxygen atoms in total. The van der Waals surface area contributed by atoms with E-state index in [1.165, 1.54) is 26.4 Å². The second-order valence-corrected chi connectivity index (χ2v) is 3.37. The van der Waals surface area contributed by atoms with Gasteiger partial charge in [-0.05, 0) is 5.56 Å². The summed E-state index contributed by atoms with van der Waals surface area (Å²) in [6.07, 6.45) is -0.783. The summed E-state index contributed by atoms with van der Waals surface area (Å²) in [5.74, 6) is -0.233. The maximum atomic E-state index is 11.6. The Morgan fingerprint density at radius 1 is 1.29 bits per heavy atom. The minimum Gasteiger partial charge on any atom is -0.349 e. The molecule has 0 N–H and O–H groups in total. The van der Waals surface area contributed by atoms with Crippen LogP contribution in [0.2, 0.25) is 0 Å². The average Bonchev–Trinajstić information content (AvgIpc) is 2.31. The number of nitro benzene ring substituents is 1. The predicted molar refractivity (Wildman–Crippen MR) is 59.6 cm³/mol. The molecule has 1 aromatic rings. The van der Waals surface area contributed by atoms with Crippen molar-refractivity contribution in [2.45, 2.75) is 12.7 Å². The maximum absolute atomic E-state index is 11.6. The fourth-order valence-corrected chi connectivity index (χ4v) is 1.38. The summed E-state index contributed by atoms with van der Waals surface area (Å²) in [6.45, 7) is 0. The number of hydrogen-bond donors (Lipinski definition) is 0. The number of ketones is 1. The number of rotatable bonds is 6. The van der Waals surface area contributed by atoms with Crippen molar-refractivity contribution in [3.05, 3.63) is 39.9 Å². The highest BCUT2D eigenvalue weighted by molar-refractivity contribution is 5.84. The van der Waals surface area contributed by atoms with Crippen molar-refractivity contribution in [1.82, 2.24) is 0 Å². The summed E-state index contributed by atoms with van der Waals surface area (Å²) in [7, 11) is 2.75. The topological polar surface area (TPSA) is 78.7 Å². The largest absolute Gasteiger partial charge is 0.349 e. The Balaban J connectivity index is 2.69. The molecule has 0 radical (unpaired) electrons. The van der Waals surface area contributed by atoms with Crippen molar-refractivity contribution in [1.29, 1.82) is 0 Å². The molecule has 92 valence electrons. The van der Waals surface area contributed by atoms with Crippen LogP contribution in [0.15, 0.2) is 24.3 Å². The van der Waals surface area contributed by atoms with Gasteiger partial charge in [0.2, 0.25) is 6.29 Å². The van der Waals surface area contributed by atoms with Crippen molar-refractivity contribution in [2.75, 3.05) is 14.2 Å². The van der Waals surface area contributed by atoms with Gasteiger partial charge in [-0.3, -0.25) is 14.9 Å². The predicted octanol–water partition coefficient (Wildman–Crippen LogP) is 1.33. The van der Waals surface area contributed by atoms with Gasteiger partial charge in [0.05, 0.1) is 4.92 Å². The number of ether oxygens (including phenoxy) is 2. The summed E-state index contributed by atoms with van der Waals surface area (Å²) < 4.78 is 9.63. The summed E-state index contributed by atoms with van der Waals surface area (Å²) >= 11 is 0. The highest BCUT2D eigenvalue weighted by Gasteiger charge is 2.17. The first-order valence-corrected chi connectivity index (χ1v) is 4.90. The molecule has 0 aliphatic carbocycles. The second-order valence-electron chi connectivity index (χ2n) is 3.37. The van der Waals surface area contributed by atoms with Gasteiger partial charge in [-0.1, -0.05) is 12.1 Å². The molecule has 0 bridgehead atoms. The fraction of sp³-hybridized carbons (Fsp3) is 0.364. The Morgan fingerprint density at radius 2 is 1.82 bits per heavy atom. The molecule has 6 heteroatoms. The van der Waals surface area contributed by atoms with Crippen LogP contribution >= 0.6 is 0 Å². The number of methoxy groups -OCH3 is 2. The van der Waals surface area contributed by atoms with Crippen molar-refractivity contribution in [3.63, 3.8) is 0 Å². The normalized spacial score (nSPS) is 10.5. The standard InChI is InChI=1S/C11H13NO5/c1-16-11(17-2)10(13)7-8-3-5-9(6-4-8)12(14)15/h3-6,11H,7H2,1-2H3. The monoisotopic (exact) mass is 239 g/mol. The molecular formula is C11H13NO5. The molecule has 0 atom stereocenters. The van der Waals surface area contributed by atoms with Gasteiger partial charge in [0.15, 0.2) is 5.78 Å². The van der Waals surface area contributed by atoms with Crippen LogP contribution in [-0.4, -0.2) is 31.2 Å². The number of Topliss-reactive ketones (excluding diaryl/α,β-unsaturated/α-hetero) is 1. The van der Waals surface area contributed by atoms with Crippen LogP contribution in [0, 0.1) is 10.1 Å². The Bertz CT molecular complexity index is 397. The van der Waals surface area contributed by atoms with Gasteiger partial charge < -0.3 is 9.47 Å². The lowest BCUT2D eigenvalue weighted by Crippen LogP contribution is -2.26. The van der Waals surface area contributed by atoms with E-state index in [2.05, 4.69) is 0 Å². The lowest BCUT2D eigenvalue weighted by molar-refractivity contribution is -0.384. The second kappa shape index (κ2) is 6.07. The molecule has 0 fully saturated rings. The van der Waals surface area contributed by atoms with E-state index in [0.29, 0.717) is 5.56 Å². The third-order valence-electron chi connectivity index (χ3n) is 2.22. The number of benzene rings is 1. The zero-order valence-corrected chi connectivity index (χ0v) is 9.58. The van der Waals surface area contributed by atoms with Gasteiger partial charge in [-0.25, -0.2) is 0 Å². The number of carbonyl (C=O) groups is 1. The third kappa shape index (κ3) is 3.61. The molecule has 0 aliphatic rings. The van der Waals surface area contributed by atoms with Crippen LogP contribution in [0.5, 0.6) is 0 Å². The summed E-state index contributed by atoms with van der Waals surface area (Å²) in [5, 5.41) is 10.4. The van der Waals surface area contributed by atoms with E-state index < -0.39 is 11.2 Å². The number of carbonyl (C=O) groups excluding carboxylic acids is 1. The Hall–Kier alpha value is -1.79. The van der Waals surface area contributed by atoms with Gasteiger partial charge in [-0.2, -0.15) is 0 Å². The number of nitrogens with zero attached hydrogens (tertiary/aromatic N) is 1. The molecule has 0 amide bonds.